The molecule has 1 saturated carbocycles. The van der Waals surface area contributed by atoms with Crippen molar-refractivity contribution in [3.05, 3.63) is 70.2 Å². The second kappa shape index (κ2) is 6.46. The Bertz CT molecular complexity index is 855. The first-order valence-electron chi connectivity index (χ1n) is 8.40. The van der Waals surface area contributed by atoms with Crippen molar-refractivity contribution in [1.29, 1.82) is 0 Å². The molecule has 126 valence electrons. The highest BCUT2D eigenvalue weighted by molar-refractivity contribution is 9.10. The number of hydrogen-bond donors (Lipinski definition) is 0. The maximum Gasteiger partial charge on any atom is 0.260 e. The van der Waals surface area contributed by atoms with Gasteiger partial charge in [-0.05, 0) is 49.9 Å². The van der Waals surface area contributed by atoms with E-state index in [2.05, 4.69) is 15.9 Å². The van der Waals surface area contributed by atoms with Crippen molar-refractivity contribution in [2.24, 2.45) is 4.99 Å². The molecule has 0 aromatic heterocycles. The lowest BCUT2D eigenvalue weighted by atomic mass is 10.1. The van der Waals surface area contributed by atoms with Crippen LogP contribution in [0.1, 0.15) is 41.6 Å². The molecule has 1 amide bonds. The third-order valence-corrected chi connectivity index (χ3v) is 5.79. The van der Waals surface area contributed by atoms with E-state index in [1.807, 2.05) is 54.6 Å². The second-order valence-corrected chi connectivity index (χ2v) is 7.77. The van der Waals surface area contributed by atoms with E-state index in [1.54, 1.807) is 4.90 Å². The molecule has 25 heavy (non-hydrogen) atoms. The summed E-state index contributed by atoms with van der Waals surface area (Å²) >= 11 is 9.14. The topological polar surface area (TPSA) is 32.7 Å². The first-order chi connectivity index (χ1) is 12.1. The van der Waals surface area contributed by atoms with Crippen LogP contribution in [0.2, 0.25) is 0 Å². The van der Waals surface area contributed by atoms with Gasteiger partial charge in [-0.2, -0.15) is 0 Å². The molecule has 5 heteroatoms. The highest BCUT2D eigenvalue weighted by Crippen LogP contribution is 2.42. The number of nitrogens with zero attached hydrogens (tertiary/aromatic N) is 2. The molecule has 1 heterocycles. The summed E-state index contributed by atoms with van der Waals surface area (Å²) in [6.45, 7) is 0. The number of carbonyl (C=O) groups is 1. The number of hydrogen-bond acceptors (Lipinski definition) is 3. The Hall–Kier alpha value is -1.85. The maximum absolute atomic E-state index is 13.3. The Morgan fingerprint density at radius 1 is 1.04 bits per heavy atom. The van der Waals surface area contributed by atoms with Crippen molar-refractivity contribution in [3.63, 3.8) is 0 Å². The molecule has 1 fully saturated rings. The normalized spacial score (nSPS) is 18.7. The number of carbonyl (C=O) groups excluding carboxylic acids is 1. The molecular formula is C20H17BrN2OS. The number of halogens is 1. The van der Waals surface area contributed by atoms with Gasteiger partial charge in [0.15, 0.2) is 0 Å². The summed E-state index contributed by atoms with van der Waals surface area (Å²) in [4.78, 5) is 20.6. The molecule has 1 aliphatic carbocycles. The molecule has 4 rings (SSSR count). The molecule has 0 bridgehead atoms. The summed E-state index contributed by atoms with van der Waals surface area (Å²) in [7, 11) is 0. The van der Waals surface area contributed by atoms with Gasteiger partial charge in [-0.3, -0.25) is 14.7 Å². The molecule has 2 aromatic carbocycles. The average Bonchev–Trinajstić information content (AvgIpc) is 3.21. The van der Waals surface area contributed by atoms with Crippen LogP contribution in [-0.2, 0) is 0 Å². The highest BCUT2D eigenvalue weighted by atomic mass is 79.9. The van der Waals surface area contributed by atoms with Gasteiger partial charge in [0.1, 0.15) is 16.4 Å². The fraction of sp³-hybridized carbons (Fsp3) is 0.250. The van der Waals surface area contributed by atoms with E-state index in [0.717, 1.165) is 41.4 Å². The SMILES string of the molecule is O=C(c1ccc(Br)cc1)N1C(=S)C(c2ccccc2)=NC12CCCC2. The van der Waals surface area contributed by atoms with Crippen molar-refractivity contribution in [2.75, 3.05) is 0 Å². The molecule has 0 saturated heterocycles. The Morgan fingerprint density at radius 3 is 2.32 bits per heavy atom. The van der Waals surface area contributed by atoms with E-state index >= 15 is 0 Å². The predicted molar refractivity (Wildman–Crippen MR) is 107 cm³/mol. The van der Waals surface area contributed by atoms with E-state index in [4.69, 9.17) is 17.2 Å². The third-order valence-electron chi connectivity index (χ3n) is 4.89. The Labute approximate surface area is 160 Å². The zero-order valence-corrected chi connectivity index (χ0v) is 16.0. The number of thiocarbonyl (C=S) groups is 1. The molecule has 0 unspecified atom stereocenters. The van der Waals surface area contributed by atoms with Crippen LogP contribution < -0.4 is 0 Å². The molecule has 2 aromatic rings. The summed E-state index contributed by atoms with van der Waals surface area (Å²) in [6, 6.07) is 17.3. The minimum atomic E-state index is -0.508. The Morgan fingerprint density at radius 2 is 1.68 bits per heavy atom. The molecule has 0 radical (unpaired) electrons. The smallest absolute Gasteiger partial charge is 0.260 e. The van der Waals surface area contributed by atoms with Crippen LogP contribution >= 0.6 is 28.1 Å². The fourth-order valence-corrected chi connectivity index (χ4v) is 4.35. The van der Waals surface area contributed by atoms with Gasteiger partial charge in [-0.25, -0.2) is 0 Å². The number of rotatable bonds is 2. The lowest BCUT2D eigenvalue weighted by molar-refractivity contribution is 0.0724. The highest BCUT2D eigenvalue weighted by Gasteiger charge is 2.50. The molecule has 3 nitrogen and oxygen atoms in total. The van der Waals surface area contributed by atoms with Crippen molar-refractivity contribution in [2.45, 2.75) is 31.3 Å². The largest absolute Gasteiger partial charge is 0.271 e. The molecule has 0 atom stereocenters. The van der Waals surface area contributed by atoms with E-state index in [1.165, 1.54) is 0 Å². The minimum Gasteiger partial charge on any atom is -0.271 e. The lowest BCUT2D eigenvalue weighted by Gasteiger charge is -2.32. The van der Waals surface area contributed by atoms with Gasteiger partial charge in [-0.15, -0.1) is 0 Å². The fourth-order valence-electron chi connectivity index (χ4n) is 3.66. The molecule has 2 aliphatic rings. The van der Waals surface area contributed by atoms with Crippen LogP contribution in [0.4, 0.5) is 0 Å². The number of amides is 1. The lowest BCUT2D eigenvalue weighted by Crippen LogP contribution is -2.48. The van der Waals surface area contributed by atoms with E-state index < -0.39 is 5.66 Å². The monoisotopic (exact) mass is 412 g/mol. The summed E-state index contributed by atoms with van der Waals surface area (Å²) in [5, 5.41) is 0. The average molecular weight is 413 g/mol. The van der Waals surface area contributed by atoms with Gasteiger partial charge >= 0.3 is 0 Å². The van der Waals surface area contributed by atoms with E-state index in [-0.39, 0.29) is 5.91 Å². The second-order valence-electron chi connectivity index (χ2n) is 6.47. The number of aliphatic imine (C=N–C) groups is 1. The summed E-state index contributed by atoms with van der Waals surface area (Å²) in [5.41, 5.74) is 1.88. The van der Waals surface area contributed by atoms with Crippen LogP contribution in [0.5, 0.6) is 0 Å². The van der Waals surface area contributed by atoms with Gasteiger partial charge in [0.25, 0.3) is 5.91 Å². The summed E-state index contributed by atoms with van der Waals surface area (Å²) in [6.07, 6.45) is 3.87. The standard InChI is InChI=1S/C20H17BrN2OS/c21-16-10-8-15(9-11-16)18(24)23-19(25)17(14-6-2-1-3-7-14)22-20(23)12-4-5-13-20/h1-3,6-11H,4-5,12-13H2. The van der Waals surface area contributed by atoms with Crippen LogP contribution in [0.15, 0.2) is 64.1 Å². The molecule has 1 aliphatic heterocycles. The minimum absolute atomic E-state index is 0.0610. The van der Waals surface area contributed by atoms with Crippen LogP contribution in [0.25, 0.3) is 0 Å². The molecule has 0 N–H and O–H groups in total. The van der Waals surface area contributed by atoms with Gasteiger partial charge in [0.2, 0.25) is 0 Å². The van der Waals surface area contributed by atoms with Crippen LogP contribution in [0.3, 0.4) is 0 Å². The zero-order chi connectivity index (χ0) is 17.4. The van der Waals surface area contributed by atoms with Gasteiger partial charge < -0.3 is 0 Å². The van der Waals surface area contributed by atoms with Crippen molar-refractivity contribution < 1.29 is 4.79 Å². The first-order valence-corrected chi connectivity index (χ1v) is 9.61. The van der Waals surface area contributed by atoms with Crippen molar-refractivity contribution >= 4 is 44.8 Å². The zero-order valence-electron chi connectivity index (χ0n) is 13.6. The van der Waals surface area contributed by atoms with Crippen LogP contribution in [-0.4, -0.2) is 27.2 Å². The maximum atomic E-state index is 13.3. The third kappa shape index (κ3) is 2.85. The number of benzene rings is 2. The van der Waals surface area contributed by atoms with Crippen LogP contribution in [0, 0.1) is 0 Å². The summed E-state index contributed by atoms with van der Waals surface area (Å²) < 4.78 is 0.949. The van der Waals surface area contributed by atoms with E-state index in [0.29, 0.717) is 10.6 Å². The van der Waals surface area contributed by atoms with Crippen molar-refractivity contribution in [3.8, 4) is 0 Å². The quantitative estimate of drug-likeness (QED) is 0.650. The van der Waals surface area contributed by atoms with Gasteiger partial charge in [0, 0.05) is 15.6 Å². The van der Waals surface area contributed by atoms with Gasteiger partial charge in [-0.1, -0.05) is 58.5 Å². The van der Waals surface area contributed by atoms with Gasteiger partial charge in [0.05, 0.1) is 0 Å². The molecular weight excluding hydrogens is 396 g/mol. The van der Waals surface area contributed by atoms with Crippen molar-refractivity contribution in [1.82, 2.24) is 4.90 Å². The Balaban J connectivity index is 1.76. The first kappa shape index (κ1) is 16.6. The van der Waals surface area contributed by atoms with E-state index in [9.17, 15) is 4.79 Å². The summed E-state index contributed by atoms with van der Waals surface area (Å²) in [5.74, 6) is -0.0610. The Kier molecular flexibility index (Phi) is 4.29. The molecule has 1 spiro atoms. The predicted octanol–water partition coefficient (Wildman–Crippen LogP) is 4.99.